The van der Waals surface area contributed by atoms with Crippen molar-refractivity contribution in [2.24, 2.45) is 0 Å². The van der Waals surface area contributed by atoms with Crippen molar-refractivity contribution in [2.75, 3.05) is 19.5 Å². The van der Waals surface area contributed by atoms with Crippen LogP contribution in [0.25, 0.3) is 6.08 Å². The molecule has 0 radical (unpaired) electrons. The third-order valence-corrected chi connectivity index (χ3v) is 4.65. The zero-order chi connectivity index (χ0) is 20.1. The maximum Gasteiger partial charge on any atom is 0.185 e. The van der Waals surface area contributed by atoms with E-state index < -0.39 is 0 Å². The lowest BCUT2D eigenvalue weighted by Crippen LogP contribution is -2.02. The van der Waals surface area contributed by atoms with Gasteiger partial charge in [0.1, 0.15) is 11.5 Å². The molecule has 0 aliphatic carbocycles. The molecule has 0 aromatic heterocycles. The first-order chi connectivity index (χ1) is 12.8. The third kappa shape index (κ3) is 4.51. The summed E-state index contributed by atoms with van der Waals surface area (Å²) in [6.07, 6.45) is 3.14. The van der Waals surface area contributed by atoms with Crippen LogP contribution >= 0.6 is 0 Å². The predicted molar refractivity (Wildman–Crippen MR) is 112 cm³/mol. The van der Waals surface area contributed by atoms with Gasteiger partial charge in [-0.25, -0.2) is 0 Å². The number of methoxy groups -OCH3 is 1. The molecule has 0 saturated carbocycles. The molecule has 144 valence electrons. The van der Waals surface area contributed by atoms with Gasteiger partial charge in [-0.2, -0.15) is 0 Å². The molecule has 0 atom stereocenters. The Balaban J connectivity index is 2.49. The molecule has 2 rings (SSSR count). The van der Waals surface area contributed by atoms with Crippen LogP contribution in [0.3, 0.4) is 0 Å². The van der Waals surface area contributed by atoms with Crippen LogP contribution < -0.4 is 10.1 Å². The highest BCUT2D eigenvalue weighted by molar-refractivity contribution is 6.07. The summed E-state index contributed by atoms with van der Waals surface area (Å²) in [5.41, 5.74) is 3.95. The average Bonchev–Trinajstić information content (AvgIpc) is 2.65. The molecular formula is C23H29NO3. The third-order valence-electron chi connectivity index (χ3n) is 4.65. The van der Waals surface area contributed by atoms with Crippen molar-refractivity contribution in [3.63, 3.8) is 0 Å². The number of anilines is 1. The molecule has 2 aromatic carbocycles. The topological polar surface area (TPSA) is 58.6 Å². The second-order valence-electron chi connectivity index (χ2n) is 7.18. The Hall–Kier alpha value is -2.75. The number of phenols is 1. The van der Waals surface area contributed by atoms with Gasteiger partial charge in [0, 0.05) is 18.3 Å². The predicted octanol–water partition coefficient (Wildman–Crippen LogP) is 5.59. The quantitative estimate of drug-likeness (QED) is 0.495. The van der Waals surface area contributed by atoms with Gasteiger partial charge in [-0.15, -0.1) is 0 Å². The lowest BCUT2D eigenvalue weighted by molar-refractivity contribution is 0.104. The maximum absolute atomic E-state index is 12.5. The van der Waals surface area contributed by atoms with Gasteiger partial charge in [0.05, 0.1) is 12.7 Å². The lowest BCUT2D eigenvalue weighted by atomic mass is 9.90. The van der Waals surface area contributed by atoms with Crippen molar-refractivity contribution in [3.05, 3.63) is 58.7 Å². The van der Waals surface area contributed by atoms with Crippen molar-refractivity contribution in [3.8, 4) is 11.5 Å². The minimum atomic E-state index is -0.125. The van der Waals surface area contributed by atoms with E-state index >= 15 is 0 Å². The molecule has 0 bridgehead atoms. The number of aromatic hydroxyl groups is 1. The molecule has 0 unspecified atom stereocenters. The number of hydrogen-bond acceptors (Lipinski definition) is 4. The maximum atomic E-state index is 12.5. The number of ether oxygens (including phenoxy) is 1. The Kier molecular flexibility index (Phi) is 6.67. The molecule has 0 heterocycles. The normalized spacial score (nSPS) is 11.4. The number of allylic oxidation sites excluding steroid dienone is 1. The highest BCUT2D eigenvalue weighted by atomic mass is 16.5. The first-order valence-corrected chi connectivity index (χ1v) is 9.24. The largest absolute Gasteiger partial charge is 0.507 e. The molecule has 0 spiro atoms. The Morgan fingerprint density at radius 3 is 2.15 bits per heavy atom. The molecule has 0 fully saturated rings. The molecule has 0 saturated heterocycles. The average molecular weight is 367 g/mol. The molecule has 27 heavy (non-hydrogen) atoms. The first-order valence-electron chi connectivity index (χ1n) is 9.24. The highest BCUT2D eigenvalue weighted by Crippen LogP contribution is 2.41. The summed E-state index contributed by atoms with van der Waals surface area (Å²) >= 11 is 0. The number of nitrogens with one attached hydrogen (secondary N) is 1. The van der Waals surface area contributed by atoms with Crippen LogP contribution in [-0.2, 0) is 0 Å². The lowest BCUT2D eigenvalue weighted by Gasteiger charge is -2.20. The number of hydrogen-bond donors (Lipinski definition) is 2. The van der Waals surface area contributed by atoms with Crippen molar-refractivity contribution < 1.29 is 14.6 Å². The molecule has 0 amide bonds. The fourth-order valence-electron chi connectivity index (χ4n) is 3.03. The van der Waals surface area contributed by atoms with Gasteiger partial charge in [0.25, 0.3) is 0 Å². The smallest absolute Gasteiger partial charge is 0.185 e. The van der Waals surface area contributed by atoms with Crippen LogP contribution in [0.15, 0.2) is 36.4 Å². The van der Waals surface area contributed by atoms with Gasteiger partial charge < -0.3 is 15.2 Å². The summed E-state index contributed by atoms with van der Waals surface area (Å²) in [6, 6.07) is 9.27. The Labute approximate surface area is 161 Å². The van der Waals surface area contributed by atoms with E-state index in [1.54, 1.807) is 25.3 Å². The second kappa shape index (κ2) is 8.76. The second-order valence-corrected chi connectivity index (χ2v) is 7.18. The van der Waals surface area contributed by atoms with Gasteiger partial charge in [0.15, 0.2) is 5.78 Å². The molecule has 0 aliphatic heterocycles. The van der Waals surface area contributed by atoms with Crippen molar-refractivity contribution in [1.82, 2.24) is 0 Å². The molecular weight excluding hydrogens is 338 g/mol. The summed E-state index contributed by atoms with van der Waals surface area (Å²) in [5.74, 6) is 1.04. The van der Waals surface area contributed by atoms with Gasteiger partial charge in [-0.3, -0.25) is 4.79 Å². The van der Waals surface area contributed by atoms with Gasteiger partial charge in [-0.05, 0) is 65.4 Å². The number of rotatable bonds is 7. The van der Waals surface area contributed by atoms with Gasteiger partial charge >= 0.3 is 0 Å². The van der Waals surface area contributed by atoms with Crippen molar-refractivity contribution in [1.29, 1.82) is 0 Å². The number of carbonyl (C=O) groups excluding carboxylic acids is 1. The molecule has 4 nitrogen and oxygen atoms in total. The zero-order valence-electron chi connectivity index (χ0n) is 17.0. The summed E-state index contributed by atoms with van der Waals surface area (Å²) in [7, 11) is 3.42. The molecule has 0 aliphatic rings. The van der Waals surface area contributed by atoms with Gasteiger partial charge in [0.2, 0.25) is 0 Å². The molecule has 4 heteroatoms. The summed E-state index contributed by atoms with van der Waals surface area (Å²) in [4.78, 5) is 12.5. The summed E-state index contributed by atoms with van der Waals surface area (Å²) in [5, 5.41) is 13.8. The number of ketones is 1. The zero-order valence-corrected chi connectivity index (χ0v) is 17.0. The van der Waals surface area contributed by atoms with Crippen LogP contribution in [0, 0.1) is 0 Å². The van der Waals surface area contributed by atoms with E-state index in [1.807, 2.05) is 39.1 Å². The van der Waals surface area contributed by atoms with E-state index in [-0.39, 0.29) is 23.4 Å². The van der Waals surface area contributed by atoms with E-state index in [4.69, 9.17) is 4.74 Å². The summed E-state index contributed by atoms with van der Waals surface area (Å²) < 4.78 is 5.59. The molecule has 2 N–H and O–H groups in total. The van der Waals surface area contributed by atoms with E-state index in [0.29, 0.717) is 16.9 Å². The van der Waals surface area contributed by atoms with Crippen LogP contribution in [0.2, 0.25) is 0 Å². The van der Waals surface area contributed by atoms with E-state index in [1.165, 1.54) is 6.08 Å². The van der Waals surface area contributed by atoms with Crippen LogP contribution in [0.5, 0.6) is 11.5 Å². The SMILES string of the molecule is CNc1ccc(C(=O)/C=C/c2c(O)c(C(C)C)cc(C(C)C)c2OC)cc1. The van der Waals surface area contributed by atoms with Crippen LogP contribution in [-0.4, -0.2) is 25.0 Å². The number of carbonyl (C=O) groups is 1. The van der Waals surface area contributed by atoms with E-state index in [0.717, 1.165) is 16.8 Å². The first kappa shape index (κ1) is 20.6. The Bertz CT molecular complexity index is 834. The standard InChI is InChI=1S/C23H29NO3/c1-14(2)19-13-20(15(3)4)23(27-6)18(22(19)26)11-12-21(25)16-7-9-17(24-5)10-8-16/h7-15,24,26H,1-6H3/b12-11+. The monoisotopic (exact) mass is 367 g/mol. The fraction of sp³-hybridized carbons (Fsp3) is 0.348. The van der Waals surface area contributed by atoms with Crippen LogP contribution in [0.4, 0.5) is 5.69 Å². The fourth-order valence-corrected chi connectivity index (χ4v) is 3.03. The number of benzene rings is 2. The molecule has 2 aromatic rings. The minimum Gasteiger partial charge on any atom is -0.507 e. The van der Waals surface area contributed by atoms with Crippen molar-refractivity contribution in [2.45, 2.75) is 39.5 Å². The Morgan fingerprint density at radius 2 is 1.67 bits per heavy atom. The number of phenolic OH excluding ortho intramolecular Hbond substituents is 1. The van der Waals surface area contributed by atoms with Crippen LogP contribution in [0.1, 0.15) is 66.6 Å². The summed E-state index contributed by atoms with van der Waals surface area (Å²) in [6.45, 7) is 8.24. The Morgan fingerprint density at radius 1 is 1.07 bits per heavy atom. The van der Waals surface area contributed by atoms with Gasteiger partial charge in [-0.1, -0.05) is 27.7 Å². The highest BCUT2D eigenvalue weighted by Gasteiger charge is 2.20. The van der Waals surface area contributed by atoms with E-state index in [2.05, 4.69) is 19.2 Å². The minimum absolute atomic E-state index is 0.125. The van der Waals surface area contributed by atoms with E-state index in [9.17, 15) is 9.90 Å². The van der Waals surface area contributed by atoms with Crippen molar-refractivity contribution >= 4 is 17.5 Å².